The number of hydrogen-bond acceptors (Lipinski definition) is 4. The molecule has 0 aromatic heterocycles. The van der Waals surface area contributed by atoms with Gasteiger partial charge in [0.1, 0.15) is 0 Å². The molecule has 2 heterocycles. The van der Waals surface area contributed by atoms with E-state index in [0.29, 0.717) is 17.8 Å². The number of carbonyl (C=O) groups is 1. The SMILES string of the molecule is CNCC(=O)NC[C@H]1CC[C@@H]2[C@H](O1)c1cc(C(F)(F)F)ccc1N[C@H]2c1ccccc1. The highest BCUT2D eigenvalue weighted by Crippen LogP contribution is 2.51. The number of alkyl halides is 3. The van der Waals surface area contributed by atoms with Crippen molar-refractivity contribution < 1.29 is 22.7 Å². The van der Waals surface area contributed by atoms with Gasteiger partial charge in [0.25, 0.3) is 0 Å². The van der Waals surface area contributed by atoms with Crippen molar-refractivity contribution in [3.8, 4) is 0 Å². The zero-order valence-electron chi connectivity index (χ0n) is 17.2. The van der Waals surface area contributed by atoms with E-state index in [2.05, 4.69) is 16.0 Å². The lowest BCUT2D eigenvalue weighted by molar-refractivity contribution is -0.138. The summed E-state index contributed by atoms with van der Waals surface area (Å²) < 4.78 is 46.4. The number of ether oxygens (including phenoxy) is 1. The van der Waals surface area contributed by atoms with Crippen molar-refractivity contribution in [2.45, 2.75) is 37.3 Å². The standard InChI is InChI=1S/C23H26F3N3O2/c1-27-13-20(30)28-12-16-8-9-17-21(14-5-3-2-4-6-14)29-19-10-7-15(23(24,25)26)11-18(19)22(17)31-16/h2-7,10-11,16-17,21-22,27,29H,8-9,12-13H2,1H3,(H,28,30)/t16-,17+,21+,22+/m1/s1. The van der Waals surface area contributed by atoms with Gasteiger partial charge in [0.2, 0.25) is 5.91 Å². The molecule has 31 heavy (non-hydrogen) atoms. The van der Waals surface area contributed by atoms with E-state index in [0.717, 1.165) is 24.5 Å². The molecule has 0 radical (unpaired) electrons. The van der Waals surface area contributed by atoms with Crippen molar-refractivity contribution >= 4 is 11.6 Å². The van der Waals surface area contributed by atoms with E-state index in [9.17, 15) is 18.0 Å². The highest BCUT2D eigenvalue weighted by molar-refractivity contribution is 5.77. The van der Waals surface area contributed by atoms with Gasteiger partial charge in [-0.05, 0) is 43.7 Å². The Hall–Kier alpha value is -2.58. The van der Waals surface area contributed by atoms with Crippen LogP contribution < -0.4 is 16.0 Å². The first-order valence-electron chi connectivity index (χ1n) is 10.5. The Bertz CT molecular complexity index is 920. The maximum Gasteiger partial charge on any atom is 0.416 e. The summed E-state index contributed by atoms with van der Waals surface area (Å²) in [6.07, 6.45) is -3.65. The van der Waals surface area contributed by atoms with Crippen LogP contribution in [0.15, 0.2) is 48.5 Å². The zero-order chi connectivity index (χ0) is 22.0. The highest BCUT2D eigenvalue weighted by atomic mass is 19.4. The summed E-state index contributed by atoms with van der Waals surface area (Å²) in [5, 5.41) is 9.07. The maximum atomic E-state index is 13.4. The normalized spacial score (nSPS) is 25.2. The smallest absolute Gasteiger partial charge is 0.378 e. The van der Waals surface area contributed by atoms with Gasteiger partial charge >= 0.3 is 6.18 Å². The summed E-state index contributed by atoms with van der Waals surface area (Å²) >= 11 is 0. The van der Waals surface area contributed by atoms with Gasteiger partial charge in [-0.25, -0.2) is 0 Å². The Morgan fingerprint density at radius 1 is 1.16 bits per heavy atom. The minimum atomic E-state index is -4.42. The van der Waals surface area contributed by atoms with Crippen molar-refractivity contribution in [3.05, 3.63) is 65.2 Å². The molecule has 2 aromatic carbocycles. The number of rotatable bonds is 5. The maximum absolute atomic E-state index is 13.4. The molecule has 0 bridgehead atoms. The number of amides is 1. The third-order valence-corrected chi connectivity index (χ3v) is 6.00. The first-order chi connectivity index (χ1) is 14.9. The molecule has 0 saturated carbocycles. The van der Waals surface area contributed by atoms with Gasteiger partial charge in [-0.3, -0.25) is 4.79 Å². The number of likely N-dealkylation sites (N-methyl/N-ethyl adjacent to an activating group) is 1. The van der Waals surface area contributed by atoms with Crippen LogP contribution in [0.4, 0.5) is 18.9 Å². The number of anilines is 1. The predicted octanol–water partition coefficient (Wildman–Crippen LogP) is 4.04. The second-order valence-corrected chi connectivity index (χ2v) is 8.09. The van der Waals surface area contributed by atoms with Crippen molar-refractivity contribution in [2.75, 3.05) is 25.5 Å². The number of halogens is 3. The van der Waals surface area contributed by atoms with E-state index in [-0.39, 0.29) is 30.5 Å². The summed E-state index contributed by atoms with van der Waals surface area (Å²) in [5.74, 6) is -0.150. The number of nitrogens with one attached hydrogen (secondary N) is 3. The van der Waals surface area contributed by atoms with Gasteiger partial charge in [-0.15, -0.1) is 0 Å². The zero-order valence-corrected chi connectivity index (χ0v) is 17.2. The van der Waals surface area contributed by atoms with Crippen LogP contribution in [0, 0.1) is 5.92 Å². The molecule has 1 saturated heterocycles. The number of hydrogen-bond donors (Lipinski definition) is 3. The third-order valence-electron chi connectivity index (χ3n) is 6.00. The molecular formula is C23H26F3N3O2. The Kier molecular flexibility index (Phi) is 6.20. The van der Waals surface area contributed by atoms with Crippen molar-refractivity contribution in [2.24, 2.45) is 5.92 Å². The molecule has 0 unspecified atom stereocenters. The van der Waals surface area contributed by atoms with E-state index in [1.165, 1.54) is 12.1 Å². The van der Waals surface area contributed by atoms with Gasteiger partial charge < -0.3 is 20.7 Å². The summed E-state index contributed by atoms with van der Waals surface area (Å²) in [5.41, 5.74) is 1.58. The monoisotopic (exact) mass is 433 g/mol. The molecule has 3 N–H and O–H groups in total. The highest BCUT2D eigenvalue weighted by Gasteiger charge is 2.43. The topological polar surface area (TPSA) is 62.4 Å². The lowest BCUT2D eigenvalue weighted by Gasteiger charge is -2.46. The van der Waals surface area contributed by atoms with Gasteiger partial charge in [0.15, 0.2) is 0 Å². The first-order valence-corrected chi connectivity index (χ1v) is 10.5. The Labute approximate surface area is 179 Å². The molecular weight excluding hydrogens is 407 g/mol. The molecule has 4 atom stereocenters. The third kappa shape index (κ3) is 4.70. The second-order valence-electron chi connectivity index (χ2n) is 8.09. The average molecular weight is 433 g/mol. The molecule has 2 aromatic rings. The molecule has 166 valence electrons. The van der Waals surface area contributed by atoms with E-state index in [4.69, 9.17) is 4.74 Å². The fourth-order valence-electron chi connectivity index (χ4n) is 4.52. The van der Waals surface area contributed by atoms with E-state index < -0.39 is 17.8 Å². The van der Waals surface area contributed by atoms with Crippen LogP contribution in [0.2, 0.25) is 0 Å². The molecule has 2 aliphatic heterocycles. The number of fused-ring (bicyclic) bond motifs is 3. The van der Waals surface area contributed by atoms with Crippen LogP contribution >= 0.6 is 0 Å². The van der Waals surface area contributed by atoms with Gasteiger partial charge in [-0.1, -0.05) is 30.3 Å². The number of carbonyl (C=O) groups excluding carboxylic acids is 1. The minimum Gasteiger partial charge on any atom is -0.378 e. The molecule has 8 heteroatoms. The molecule has 1 amide bonds. The average Bonchev–Trinajstić information content (AvgIpc) is 2.77. The van der Waals surface area contributed by atoms with Gasteiger partial charge in [-0.2, -0.15) is 13.2 Å². The van der Waals surface area contributed by atoms with Crippen LogP contribution in [-0.2, 0) is 15.7 Å². The van der Waals surface area contributed by atoms with Crippen molar-refractivity contribution in [3.63, 3.8) is 0 Å². The molecule has 5 nitrogen and oxygen atoms in total. The number of benzene rings is 2. The minimum absolute atomic E-state index is 0.0114. The van der Waals surface area contributed by atoms with Crippen LogP contribution in [0.5, 0.6) is 0 Å². The van der Waals surface area contributed by atoms with Crippen LogP contribution in [0.3, 0.4) is 0 Å². The molecule has 1 fully saturated rings. The molecule has 0 aliphatic carbocycles. The molecule has 0 spiro atoms. The van der Waals surface area contributed by atoms with E-state index >= 15 is 0 Å². The van der Waals surface area contributed by atoms with Crippen molar-refractivity contribution in [1.82, 2.24) is 10.6 Å². The fraction of sp³-hybridized carbons (Fsp3) is 0.435. The van der Waals surface area contributed by atoms with Gasteiger partial charge in [0, 0.05) is 23.7 Å². The quantitative estimate of drug-likeness (QED) is 0.666. The first kappa shape index (κ1) is 21.6. The summed E-state index contributed by atoms with van der Waals surface area (Å²) in [6, 6.07) is 13.6. The van der Waals surface area contributed by atoms with Gasteiger partial charge in [0.05, 0.1) is 30.4 Å². The second kappa shape index (κ2) is 8.88. The fourth-order valence-corrected chi connectivity index (χ4v) is 4.52. The molecule has 4 rings (SSSR count). The lowest BCUT2D eigenvalue weighted by atomic mass is 9.76. The summed E-state index contributed by atoms with van der Waals surface area (Å²) in [7, 11) is 1.69. The Balaban J connectivity index is 1.63. The van der Waals surface area contributed by atoms with Crippen LogP contribution in [-0.4, -0.2) is 32.1 Å². The van der Waals surface area contributed by atoms with Crippen LogP contribution in [0.1, 0.15) is 41.7 Å². The Morgan fingerprint density at radius 3 is 2.65 bits per heavy atom. The summed E-state index contributed by atoms with van der Waals surface area (Å²) in [6.45, 7) is 0.540. The summed E-state index contributed by atoms with van der Waals surface area (Å²) in [4.78, 5) is 11.8. The largest absolute Gasteiger partial charge is 0.416 e. The van der Waals surface area contributed by atoms with E-state index in [1.54, 1.807) is 7.05 Å². The predicted molar refractivity (Wildman–Crippen MR) is 112 cm³/mol. The Morgan fingerprint density at radius 2 is 1.94 bits per heavy atom. The lowest BCUT2D eigenvalue weighted by Crippen LogP contribution is -2.44. The van der Waals surface area contributed by atoms with Crippen LogP contribution in [0.25, 0.3) is 0 Å². The molecule has 2 aliphatic rings. The van der Waals surface area contributed by atoms with E-state index in [1.807, 2.05) is 30.3 Å². The van der Waals surface area contributed by atoms with Crippen molar-refractivity contribution in [1.29, 1.82) is 0 Å².